The molecule has 0 aromatic carbocycles. The molecule has 0 aliphatic carbocycles. The lowest BCUT2D eigenvalue weighted by Gasteiger charge is -2.28. The summed E-state index contributed by atoms with van der Waals surface area (Å²) < 4.78 is 5.42. The van der Waals surface area contributed by atoms with Crippen molar-refractivity contribution in [3.63, 3.8) is 0 Å². The van der Waals surface area contributed by atoms with Crippen molar-refractivity contribution in [2.75, 3.05) is 49.6 Å². The second-order valence-corrected chi connectivity index (χ2v) is 6.97. The number of anilines is 2. The van der Waals surface area contributed by atoms with Crippen molar-refractivity contribution in [1.29, 1.82) is 0 Å². The number of nitrogens with one attached hydrogen (secondary N) is 1. The van der Waals surface area contributed by atoms with E-state index in [1.165, 1.54) is 0 Å². The predicted molar refractivity (Wildman–Crippen MR) is 101 cm³/mol. The third kappa shape index (κ3) is 4.28. The highest BCUT2D eigenvalue weighted by Crippen LogP contribution is 2.18. The number of likely N-dealkylation sites (tertiary alicyclic amines) is 1. The van der Waals surface area contributed by atoms with Crippen LogP contribution in [0.15, 0.2) is 30.5 Å². The Kier molecular flexibility index (Phi) is 5.26. The van der Waals surface area contributed by atoms with Crippen LogP contribution in [0.1, 0.15) is 17.8 Å². The SMILES string of the molecule is Cc1cccc(CN2CCC(Nc3nccc(N4CCOCC4)n3)C2)n1. The molecule has 4 heterocycles. The van der Waals surface area contributed by atoms with Gasteiger partial charge in [-0.2, -0.15) is 4.98 Å². The first-order valence-corrected chi connectivity index (χ1v) is 9.33. The summed E-state index contributed by atoms with van der Waals surface area (Å²) in [6.07, 6.45) is 2.93. The van der Waals surface area contributed by atoms with Crippen molar-refractivity contribution in [2.45, 2.75) is 25.9 Å². The molecule has 2 aromatic heterocycles. The predicted octanol–water partition coefficient (Wildman–Crippen LogP) is 1.70. The number of nitrogens with zero attached hydrogens (tertiary/aromatic N) is 5. The Balaban J connectivity index is 1.33. The van der Waals surface area contributed by atoms with Crippen LogP contribution in [-0.2, 0) is 11.3 Å². The monoisotopic (exact) mass is 354 g/mol. The van der Waals surface area contributed by atoms with E-state index in [1.54, 1.807) is 0 Å². The average molecular weight is 354 g/mol. The van der Waals surface area contributed by atoms with Gasteiger partial charge < -0.3 is 15.0 Å². The lowest BCUT2D eigenvalue weighted by atomic mass is 10.3. The maximum absolute atomic E-state index is 5.42. The second-order valence-electron chi connectivity index (χ2n) is 6.97. The molecule has 0 spiro atoms. The smallest absolute Gasteiger partial charge is 0.224 e. The Morgan fingerprint density at radius 1 is 1.15 bits per heavy atom. The summed E-state index contributed by atoms with van der Waals surface area (Å²) in [7, 11) is 0. The zero-order valence-corrected chi connectivity index (χ0v) is 15.3. The number of ether oxygens (including phenoxy) is 1. The Labute approximate surface area is 154 Å². The van der Waals surface area contributed by atoms with Gasteiger partial charge in [0.05, 0.1) is 18.9 Å². The maximum atomic E-state index is 5.42. The van der Waals surface area contributed by atoms with Crippen molar-refractivity contribution in [2.24, 2.45) is 0 Å². The van der Waals surface area contributed by atoms with Gasteiger partial charge in [0.25, 0.3) is 0 Å². The summed E-state index contributed by atoms with van der Waals surface area (Å²) in [6, 6.07) is 8.56. The Bertz CT molecular complexity index is 733. The van der Waals surface area contributed by atoms with Crippen molar-refractivity contribution in [1.82, 2.24) is 19.9 Å². The van der Waals surface area contributed by atoms with Gasteiger partial charge in [-0.25, -0.2) is 4.98 Å². The third-order valence-electron chi connectivity index (χ3n) is 4.91. The highest BCUT2D eigenvalue weighted by Gasteiger charge is 2.23. The van der Waals surface area contributed by atoms with E-state index >= 15 is 0 Å². The quantitative estimate of drug-likeness (QED) is 0.877. The Hall–Kier alpha value is -2.25. The van der Waals surface area contributed by atoms with E-state index in [9.17, 15) is 0 Å². The first-order valence-electron chi connectivity index (χ1n) is 9.33. The minimum Gasteiger partial charge on any atom is -0.378 e. The number of rotatable bonds is 5. The first kappa shape index (κ1) is 17.2. The summed E-state index contributed by atoms with van der Waals surface area (Å²) in [5.41, 5.74) is 2.21. The number of morpholine rings is 1. The lowest BCUT2D eigenvalue weighted by molar-refractivity contribution is 0.122. The molecule has 4 rings (SSSR count). The van der Waals surface area contributed by atoms with Crippen LogP contribution >= 0.6 is 0 Å². The van der Waals surface area contributed by atoms with E-state index in [-0.39, 0.29) is 0 Å². The second kappa shape index (κ2) is 7.97. The van der Waals surface area contributed by atoms with E-state index in [4.69, 9.17) is 9.72 Å². The van der Waals surface area contributed by atoms with E-state index in [0.29, 0.717) is 6.04 Å². The van der Waals surface area contributed by atoms with Gasteiger partial charge in [-0.3, -0.25) is 9.88 Å². The molecule has 1 N–H and O–H groups in total. The number of pyridine rings is 1. The largest absolute Gasteiger partial charge is 0.378 e. The topological polar surface area (TPSA) is 66.4 Å². The minimum atomic E-state index is 0.375. The fraction of sp³-hybridized carbons (Fsp3) is 0.526. The van der Waals surface area contributed by atoms with E-state index in [0.717, 1.165) is 75.5 Å². The maximum Gasteiger partial charge on any atom is 0.224 e. The van der Waals surface area contributed by atoms with Crippen LogP contribution in [0.3, 0.4) is 0 Å². The molecule has 0 bridgehead atoms. The molecule has 2 fully saturated rings. The molecule has 138 valence electrons. The van der Waals surface area contributed by atoms with Crippen LogP contribution in [0.4, 0.5) is 11.8 Å². The van der Waals surface area contributed by atoms with Crippen LogP contribution in [0.5, 0.6) is 0 Å². The first-order chi connectivity index (χ1) is 12.8. The third-order valence-corrected chi connectivity index (χ3v) is 4.91. The van der Waals surface area contributed by atoms with Crippen molar-refractivity contribution in [3.05, 3.63) is 41.9 Å². The number of aromatic nitrogens is 3. The highest BCUT2D eigenvalue weighted by molar-refractivity contribution is 5.43. The van der Waals surface area contributed by atoms with Crippen LogP contribution in [0, 0.1) is 6.92 Å². The zero-order chi connectivity index (χ0) is 17.8. The molecule has 2 saturated heterocycles. The van der Waals surface area contributed by atoms with E-state index in [2.05, 4.69) is 37.2 Å². The summed E-state index contributed by atoms with van der Waals surface area (Å²) in [5, 5.41) is 3.51. The summed E-state index contributed by atoms with van der Waals surface area (Å²) in [6.45, 7) is 8.28. The highest BCUT2D eigenvalue weighted by atomic mass is 16.5. The summed E-state index contributed by atoms with van der Waals surface area (Å²) in [4.78, 5) is 18.4. The number of hydrogen-bond donors (Lipinski definition) is 1. The Morgan fingerprint density at radius 3 is 2.88 bits per heavy atom. The summed E-state index contributed by atoms with van der Waals surface area (Å²) in [5.74, 6) is 1.69. The minimum absolute atomic E-state index is 0.375. The molecule has 0 radical (unpaired) electrons. The fourth-order valence-corrected chi connectivity index (χ4v) is 3.58. The van der Waals surface area contributed by atoms with Crippen LogP contribution < -0.4 is 10.2 Å². The molecule has 1 unspecified atom stereocenters. The van der Waals surface area contributed by atoms with Gasteiger partial charge in [-0.05, 0) is 31.5 Å². The van der Waals surface area contributed by atoms with Gasteiger partial charge in [0.1, 0.15) is 5.82 Å². The van der Waals surface area contributed by atoms with Gasteiger partial charge in [0, 0.05) is 50.7 Å². The molecule has 7 nitrogen and oxygen atoms in total. The molecule has 7 heteroatoms. The average Bonchev–Trinajstić information content (AvgIpc) is 3.09. The van der Waals surface area contributed by atoms with E-state index < -0.39 is 0 Å². The molecular formula is C19H26N6O. The fourth-order valence-electron chi connectivity index (χ4n) is 3.58. The van der Waals surface area contributed by atoms with Crippen molar-refractivity contribution >= 4 is 11.8 Å². The molecular weight excluding hydrogens is 328 g/mol. The van der Waals surface area contributed by atoms with Crippen LogP contribution in [-0.4, -0.2) is 65.3 Å². The number of hydrogen-bond acceptors (Lipinski definition) is 7. The van der Waals surface area contributed by atoms with Gasteiger partial charge in [0.15, 0.2) is 0 Å². The normalized spacial score (nSPS) is 21.1. The molecule has 2 aromatic rings. The Morgan fingerprint density at radius 2 is 2.04 bits per heavy atom. The van der Waals surface area contributed by atoms with Crippen LogP contribution in [0.2, 0.25) is 0 Å². The van der Waals surface area contributed by atoms with Crippen LogP contribution in [0.25, 0.3) is 0 Å². The van der Waals surface area contributed by atoms with E-state index in [1.807, 2.05) is 25.3 Å². The lowest BCUT2D eigenvalue weighted by Crippen LogP contribution is -2.37. The van der Waals surface area contributed by atoms with Gasteiger partial charge in [-0.1, -0.05) is 6.07 Å². The zero-order valence-electron chi connectivity index (χ0n) is 15.3. The van der Waals surface area contributed by atoms with Crippen molar-refractivity contribution in [3.8, 4) is 0 Å². The molecule has 26 heavy (non-hydrogen) atoms. The molecule has 1 atom stereocenters. The van der Waals surface area contributed by atoms with Gasteiger partial charge >= 0.3 is 0 Å². The standard InChI is InChI=1S/C19H26N6O/c1-15-3-2-4-16(21-15)13-24-8-6-17(14-24)22-19-20-7-5-18(23-19)25-9-11-26-12-10-25/h2-5,7,17H,6,8-14H2,1H3,(H,20,22,23). The molecule has 0 amide bonds. The molecule has 0 saturated carbocycles. The summed E-state index contributed by atoms with van der Waals surface area (Å²) >= 11 is 0. The van der Waals surface area contributed by atoms with Gasteiger partial charge in [-0.15, -0.1) is 0 Å². The number of aryl methyl sites for hydroxylation is 1. The molecule has 2 aliphatic rings. The van der Waals surface area contributed by atoms with Gasteiger partial charge in [0.2, 0.25) is 5.95 Å². The molecule has 2 aliphatic heterocycles. The van der Waals surface area contributed by atoms with Crippen molar-refractivity contribution < 1.29 is 4.74 Å².